The van der Waals surface area contributed by atoms with Crippen LogP contribution in [0.4, 0.5) is 0 Å². The molecule has 2 aromatic carbocycles. The van der Waals surface area contributed by atoms with Crippen LogP contribution in [0.1, 0.15) is 34.1 Å². The SMILES string of the molecule is Cc1c(OC(C)OCc2ccccc2)ccnc1CSc1nc2ccc(C(=O)O)cc2[nH]1. The molecule has 2 N–H and O–H groups in total. The van der Waals surface area contributed by atoms with Gasteiger partial charge in [-0.05, 0) is 43.7 Å². The molecule has 0 spiro atoms. The molecular weight excluding hydrogens is 426 g/mol. The maximum Gasteiger partial charge on any atom is 0.335 e. The molecular formula is C24H23N3O4S. The summed E-state index contributed by atoms with van der Waals surface area (Å²) in [5.41, 5.74) is 4.56. The zero-order chi connectivity index (χ0) is 22.5. The molecule has 0 amide bonds. The minimum absolute atomic E-state index is 0.226. The van der Waals surface area contributed by atoms with Gasteiger partial charge < -0.3 is 19.6 Å². The van der Waals surface area contributed by atoms with E-state index in [0.29, 0.717) is 23.0 Å². The van der Waals surface area contributed by atoms with Crippen LogP contribution in [-0.2, 0) is 17.1 Å². The molecule has 0 aliphatic rings. The summed E-state index contributed by atoms with van der Waals surface area (Å²) in [7, 11) is 0. The van der Waals surface area contributed by atoms with Gasteiger partial charge in [-0.25, -0.2) is 9.78 Å². The van der Waals surface area contributed by atoms with Crippen LogP contribution in [0.25, 0.3) is 11.0 Å². The summed E-state index contributed by atoms with van der Waals surface area (Å²) in [6.45, 7) is 4.32. The van der Waals surface area contributed by atoms with Crippen molar-refractivity contribution in [3.8, 4) is 5.75 Å². The molecule has 4 aromatic rings. The van der Waals surface area contributed by atoms with Crippen LogP contribution in [-0.4, -0.2) is 32.3 Å². The first-order valence-corrected chi connectivity index (χ1v) is 11.1. The lowest BCUT2D eigenvalue weighted by Gasteiger charge is -2.18. The Hall–Kier alpha value is -3.36. The van der Waals surface area contributed by atoms with Gasteiger partial charge >= 0.3 is 5.97 Å². The number of fused-ring (bicyclic) bond motifs is 1. The number of pyridine rings is 1. The fraction of sp³-hybridized carbons (Fsp3) is 0.208. The van der Waals surface area contributed by atoms with Gasteiger partial charge in [0.05, 0.1) is 28.9 Å². The molecule has 0 aliphatic carbocycles. The molecule has 0 radical (unpaired) electrons. The van der Waals surface area contributed by atoms with Gasteiger partial charge in [0.2, 0.25) is 0 Å². The summed E-state index contributed by atoms with van der Waals surface area (Å²) in [5.74, 6) is 0.356. The normalized spacial score (nSPS) is 12.1. The van der Waals surface area contributed by atoms with Crippen LogP contribution in [0.5, 0.6) is 5.75 Å². The van der Waals surface area contributed by atoms with Crippen molar-refractivity contribution >= 4 is 28.8 Å². The largest absolute Gasteiger partial charge is 0.478 e. The third-order valence-electron chi connectivity index (χ3n) is 4.93. The Labute approximate surface area is 189 Å². The number of ether oxygens (including phenoxy) is 2. The van der Waals surface area contributed by atoms with Gasteiger partial charge in [-0.1, -0.05) is 42.1 Å². The number of nitrogens with zero attached hydrogens (tertiary/aromatic N) is 2. The maximum atomic E-state index is 11.2. The predicted octanol–water partition coefficient (Wildman–Crippen LogP) is 5.20. The van der Waals surface area contributed by atoms with Gasteiger partial charge in [-0.15, -0.1) is 0 Å². The molecule has 0 fully saturated rings. The topological polar surface area (TPSA) is 97.3 Å². The molecule has 1 unspecified atom stereocenters. The highest BCUT2D eigenvalue weighted by Gasteiger charge is 2.13. The minimum atomic E-state index is -0.964. The molecule has 0 saturated heterocycles. The second kappa shape index (κ2) is 9.84. The first kappa shape index (κ1) is 21.9. The number of carboxylic acid groups (broad SMARTS) is 1. The smallest absolute Gasteiger partial charge is 0.335 e. The molecule has 2 aromatic heterocycles. The number of aromatic carboxylic acids is 1. The van der Waals surface area contributed by atoms with Gasteiger partial charge in [0.15, 0.2) is 11.4 Å². The molecule has 1 atom stereocenters. The van der Waals surface area contributed by atoms with Crippen molar-refractivity contribution in [3.63, 3.8) is 0 Å². The highest BCUT2D eigenvalue weighted by molar-refractivity contribution is 7.98. The number of thioether (sulfide) groups is 1. The van der Waals surface area contributed by atoms with E-state index < -0.39 is 12.3 Å². The summed E-state index contributed by atoms with van der Waals surface area (Å²) in [6.07, 6.45) is 1.32. The van der Waals surface area contributed by atoms with Crippen molar-refractivity contribution in [2.75, 3.05) is 0 Å². The third kappa shape index (κ3) is 5.27. The van der Waals surface area contributed by atoms with Gasteiger partial charge in [-0.3, -0.25) is 4.98 Å². The monoisotopic (exact) mass is 449 g/mol. The molecule has 0 bridgehead atoms. The van der Waals surface area contributed by atoms with Gasteiger partial charge in [0, 0.05) is 17.5 Å². The molecule has 7 nitrogen and oxygen atoms in total. The molecule has 0 saturated carbocycles. The molecule has 32 heavy (non-hydrogen) atoms. The Balaban J connectivity index is 1.39. The van der Waals surface area contributed by atoms with E-state index in [9.17, 15) is 4.79 Å². The van der Waals surface area contributed by atoms with Crippen molar-refractivity contribution in [2.24, 2.45) is 0 Å². The lowest BCUT2D eigenvalue weighted by atomic mass is 10.2. The highest BCUT2D eigenvalue weighted by Crippen LogP contribution is 2.28. The average molecular weight is 450 g/mol. The Morgan fingerprint density at radius 3 is 2.78 bits per heavy atom. The van der Waals surface area contributed by atoms with E-state index in [4.69, 9.17) is 14.6 Å². The molecule has 8 heteroatoms. The van der Waals surface area contributed by atoms with E-state index >= 15 is 0 Å². The van der Waals surface area contributed by atoms with E-state index in [2.05, 4.69) is 15.0 Å². The average Bonchev–Trinajstić information content (AvgIpc) is 3.21. The van der Waals surface area contributed by atoms with Gasteiger partial charge in [0.25, 0.3) is 0 Å². The molecule has 4 rings (SSSR count). The number of hydrogen-bond acceptors (Lipinski definition) is 6. The Bertz CT molecular complexity index is 1230. The quantitative estimate of drug-likeness (QED) is 0.268. The molecule has 164 valence electrons. The standard InChI is InChI=1S/C24H23N3O4S/c1-15-21(14-32-24-26-19-9-8-18(23(28)29)12-20(19)27-24)25-11-10-22(15)31-16(2)30-13-17-6-4-3-5-7-17/h3-12,16H,13-14H2,1-2H3,(H,26,27)(H,28,29). The van der Waals surface area contributed by atoms with Gasteiger partial charge in [0.1, 0.15) is 5.75 Å². The van der Waals surface area contributed by atoms with Crippen molar-refractivity contribution in [1.82, 2.24) is 15.0 Å². The van der Waals surface area contributed by atoms with Crippen molar-refractivity contribution < 1.29 is 19.4 Å². The second-order valence-electron chi connectivity index (χ2n) is 7.23. The first-order valence-electron chi connectivity index (χ1n) is 10.1. The van der Waals surface area contributed by atoms with E-state index in [-0.39, 0.29) is 5.56 Å². The number of benzene rings is 2. The second-order valence-corrected chi connectivity index (χ2v) is 8.19. The summed E-state index contributed by atoms with van der Waals surface area (Å²) >= 11 is 1.50. The molecule has 2 heterocycles. The first-order chi connectivity index (χ1) is 15.5. The number of carbonyl (C=O) groups is 1. The van der Waals surface area contributed by atoms with Crippen LogP contribution in [0.3, 0.4) is 0 Å². The highest BCUT2D eigenvalue weighted by atomic mass is 32.2. The van der Waals surface area contributed by atoms with Gasteiger partial charge in [-0.2, -0.15) is 0 Å². The summed E-state index contributed by atoms with van der Waals surface area (Å²) in [6, 6.07) is 16.6. The fourth-order valence-electron chi connectivity index (χ4n) is 3.16. The maximum absolute atomic E-state index is 11.2. The van der Waals surface area contributed by atoms with E-state index in [0.717, 1.165) is 28.1 Å². The predicted molar refractivity (Wildman–Crippen MR) is 123 cm³/mol. The zero-order valence-electron chi connectivity index (χ0n) is 17.7. The van der Waals surface area contributed by atoms with Crippen molar-refractivity contribution in [3.05, 3.63) is 83.2 Å². The van der Waals surface area contributed by atoms with Crippen LogP contribution in [0.15, 0.2) is 66.0 Å². The fourth-order valence-corrected chi connectivity index (χ4v) is 4.07. The molecule has 0 aliphatic heterocycles. The van der Waals surface area contributed by atoms with E-state index in [1.165, 1.54) is 11.8 Å². The Morgan fingerprint density at radius 2 is 2.00 bits per heavy atom. The lowest BCUT2D eigenvalue weighted by Crippen LogP contribution is -2.17. The number of carboxylic acids is 1. The lowest BCUT2D eigenvalue weighted by molar-refractivity contribution is -0.0762. The summed E-state index contributed by atoms with van der Waals surface area (Å²) in [4.78, 5) is 23.3. The summed E-state index contributed by atoms with van der Waals surface area (Å²) < 4.78 is 11.8. The van der Waals surface area contributed by atoms with Crippen molar-refractivity contribution in [2.45, 2.75) is 37.7 Å². The number of nitrogens with one attached hydrogen (secondary N) is 1. The van der Waals surface area contributed by atoms with Crippen LogP contribution in [0, 0.1) is 6.92 Å². The van der Waals surface area contributed by atoms with Crippen LogP contribution in [0.2, 0.25) is 0 Å². The number of H-pyrrole nitrogens is 1. The van der Waals surface area contributed by atoms with Crippen LogP contribution >= 0.6 is 11.8 Å². The minimum Gasteiger partial charge on any atom is -0.478 e. The number of imidazole rings is 1. The Morgan fingerprint density at radius 1 is 1.19 bits per heavy atom. The number of hydrogen-bond donors (Lipinski definition) is 2. The number of aromatic amines is 1. The Kier molecular flexibility index (Phi) is 6.72. The van der Waals surface area contributed by atoms with E-state index in [1.54, 1.807) is 24.4 Å². The van der Waals surface area contributed by atoms with Crippen LogP contribution < -0.4 is 4.74 Å². The third-order valence-corrected chi connectivity index (χ3v) is 5.82. The number of rotatable bonds is 9. The zero-order valence-corrected chi connectivity index (χ0v) is 18.6. The number of aromatic nitrogens is 3. The summed E-state index contributed by atoms with van der Waals surface area (Å²) in [5, 5.41) is 9.85. The van der Waals surface area contributed by atoms with E-state index in [1.807, 2.05) is 50.2 Å². The van der Waals surface area contributed by atoms with Crippen molar-refractivity contribution in [1.29, 1.82) is 0 Å².